The molecular weight excluding hydrogens is 412 g/mol. The van der Waals surface area contributed by atoms with Crippen molar-refractivity contribution in [2.24, 2.45) is 5.92 Å². The standard InChI is InChI=1S/C23H32N4O3S/c1-15(2)10-11-24-20(28)12-19-14-31-23(25-19)26-21(29)13-27(16(3)4)22(30)18-8-6-17(5)7-9-18/h6-9,14-16H,10-13H2,1-5H3,(H,24,28)(H,25,26,29). The Hall–Kier alpha value is -2.74. The SMILES string of the molecule is Cc1ccc(C(=O)N(CC(=O)Nc2nc(CC(=O)NCCC(C)C)cs2)C(C)C)cc1. The van der Waals surface area contributed by atoms with Crippen LogP contribution in [0.25, 0.3) is 0 Å². The number of nitrogens with one attached hydrogen (secondary N) is 2. The second-order valence-corrected chi connectivity index (χ2v) is 9.15. The molecule has 0 saturated heterocycles. The summed E-state index contributed by atoms with van der Waals surface area (Å²) < 4.78 is 0. The molecule has 0 atom stereocenters. The van der Waals surface area contributed by atoms with Crippen molar-refractivity contribution in [3.63, 3.8) is 0 Å². The number of hydrogen-bond donors (Lipinski definition) is 2. The van der Waals surface area contributed by atoms with Crippen LogP contribution in [-0.2, 0) is 16.0 Å². The Morgan fingerprint density at radius 2 is 1.74 bits per heavy atom. The number of amides is 3. The van der Waals surface area contributed by atoms with Gasteiger partial charge < -0.3 is 15.5 Å². The van der Waals surface area contributed by atoms with E-state index in [0.29, 0.717) is 28.9 Å². The monoisotopic (exact) mass is 444 g/mol. The highest BCUT2D eigenvalue weighted by Crippen LogP contribution is 2.16. The minimum atomic E-state index is -0.323. The van der Waals surface area contributed by atoms with E-state index in [9.17, 15) is 14.4 Å². The van der Waals surface area contributed by atoms with Gasteiger partial charge in [0.2, 0.25) is 11.8 Å². The highest BCUT2D eigenvalue weighted by atomic mass is 32.1. The maximum absolute atomic E-state index is 12.8. The summed E-state index contributed by atoms with van der Waals surface area (Å²) in [5.41, 5.74) is 2.23. The maximum atomic E-state index is 12.8. The van der Waals surface area contributed by atoms with Gasteiger partial charge in [-0.05, 0) is 45.2 Å². The molecule has 0 bridgehead atoms. The van der Waals surface area contributed by atoms with Gasteiger partial charge in [-0.1, -0.05) is 31.5 Å². The summed E-state index contributed by atoms with van der Waals surface area (Å²) in [6.07, 6.45) is 1.10. The molecule has 0 spiro atoms. The molecule has 0 unspecified atom stereocenters. The molecule has 0 aliphatic heterocycles. The van der Waals surface area contributed by atoms with Crippen LogP contribution in [0, 0.1) is 12.8 Å². The summed E-state index contributed by atoms with van der Waals surface area (Å²) in [5, 5.41) is 7.79. The fraction of sp³-hybridized carbons (Fsp3) is 0.478. The van der Waals surface area contributed by atoms with Crippen LogP contribution in [0.15, 0.2) is 29.6 Å². The van der Waals surface area contributed by atoms with E-state index in [0.717, 1.165) is 12.0 Å². The Kier molecular flexibility index (Phi) is 9.18. The zero-order valence-corrected chi connectivity index (χ0v) is 19.7. The normalized spacial score (nSPS) is 10.9. The van der Waals surface area contributed by atoms with Crippen LogP contribution in [0.3, 0.4) is 0 Å². The third kappa shape index (κ3) is 8.13. The van der Waals surface area contributed by atoms with Crippen LogP contribution in [-0.4, -0.2) is 46.7 Å². The van der Waals surface area contributed by atoms with E-state index in [-0.39, 0.29) is 36.7 Å². The molecule has 2 aromatic rings. The molecule has 31 heavy (non-hydrogen) atoms. The Morgan fingerprint density at radius 3 is 2.35 bits per heavy atom. The van der Waals surface area contributed by atoms with Gasteiger partial charge in [-0.25, -0.2) is 4.98 Å². The molecule has 7 nitrogen and oxygen atoms in total. The number of hydrogen-bond acceptors (Lipinski definition) is 5. The van der Waals surface area contributed by atoms with Gasteiger partial charge in [0.25, 0.3) is 5.91 Å². The fourth-order valence-electron chi connectivity index (χ4n) is 2.84. The van der Waals surface area contributed by atoms with Gasteiger partial charge in [-0.2, -0.15) is 0 Å². The maximum Gasteiger partial charge on any atom is 0.254 e. The first-order chi connectivity index (χ1) is 14.7. The molecule has 0 fully saturated rings. The van der Waals surface area contributed by atoms with Crippen molar-refractivity contribution < 1.29 is 14.4 Å². The van der Waals surface area contributed by atoms with Crippen LogP contribution < -0.4 is 10.6 Å². The van der Waals surface area contributed by atoms with E-state index < -0.39 is 0 Å². The number of rotatable bonds is 10. The molecule has 0 saturated carbocycles. The number of anilines is 1. The summed E-state index contributed by atoms with van der Waals surface area (Å²) in [7, 11) is 0. The fourth-order valence-corrected chi connectivity index (χ4v) is 3.56. The van der Waals surface area contributed by atoms with Gasteiger partial charge in [-0.15, -0.1) is 11.3 Å². The molecular formula is C23H32N4O3S. The third-order valence-electron chi connectivity index (χ3n) is 4.68. The second-order valence-electron chi connectivity index (χ2n) is 8.29. The van der Waals surface area contributed by atoms with E-state index in [1.54, 1.807) is 17.5 Å². The van der Waals surface area contributed by atoms with E-state index in [1.165, 1.54) is 16.2 Å². The lowest BCUT2D eigenvalue weighted by atomic mass is 10.1. The molecule has 1 aromatic heterocycles. The average Bonchev–Trinajstić information content (AvgIpc) is 3.12. The minimum Gasteiger partial charge on any atom is -0.356 e. The number of benzene rings is 1. The van der Waals surface area contributed by atoms with Gasteiger partial charge in [0.15, 0.2) is 5.13 Å². The van der Waals surface area contributed by atoms with Crippen LogP contribution in [0.1, 0.15) is 55.7 Å². The van der Waals surface area contributed by atoms with E-state index in [2.05, 4.69) is 29.5 Å². The van der Waals surface area contributed by atoms with Crippen LogP contribution in [0.5, 0.6) is 0 Å². The van der Waals surface area contributed by atoms with Gasteiger partial charge in [-0.3, -0.25) is 14.4 Å². The van der Waals surface area contributed by atoms with E-state index in [4.69, 9.17) is 0 Å². The van der Waals surface area contributed by atoms with Crippen molar-refractivity contribution in [1.82, 2.24) is 15.2 Å². The van der Waals surface area contributed by atoms with Gasteiger partial charge in [0.1, 0.15) is 6.54 Å². The molecule has 2 N–H and O–H groups in total. The highest BCUT2D eigenvalue weighted by Gasteiger charge is 2.22. The van der Waals surface area contributed by atoms with Gasteiger partial charge in [0, 0.05) is 23.5 Å². The zero-order chi connectivity index (χ0) is 23.0. The lowest BCUT2D eigenvalue weighted by Gasteiger charge is -2.26. The number of carbonyl (C=O) groups excluding carboxylic acids is 3. The molecule has 168 valence electrons. The predicted octanol–water partition coefficient (Wildman–Crippen LogP) is 3.65. The number of nitrogens with zero attached hydrogens (tertiary/aromatic N) is 2. The quantitative estimate of drug-likeness (QED) is 0.585. The van der Waals surface area contributed by atoms with Crippen LogP contribution >= 0.6 is 11.3 Å². The molecule has 8 heteroatoms. The highest BCUT2D eigenvalue weighted by molar-refractivity contribution is 7.13. The smallest absolute Gasteiger partial charge is 0.254 e. The van der Waals surface area contributed by atoms with Crippen molar-refractivity contribution >= 4 is 34.2 Å². The molecule has 1 aromatic carbocycles. The summed E-state index contributed by atoms with van der Waals surface area (Å²) in [6.45, 7) is 10.5. The first-order valence-electron chi connectivity index (χ1n) is 10.5. The molecule has 2 rings (SSSR count). The number of carbonyl (C=O) groups is 3. The first-order valence-corrected chi connectivity index (χ1v) is 11.4. The zero-order valence-electron chi connectivity index (χ0n) is 18.9. The van der Waals surface area contributed by atoms with Crippen molar-refractivity contribution in [1.29, 1.82) is 0 Å². The van der Waals surface area contributed by atoms with Crippen molar-refractivity contribution in [2.45, 2.75) is 53.5 Å². The summed E-state index contributed by atoms with van der Waals surface area (Å²) >= 11 is 1.26. The topological polar surface area (TPSA) is 91.4 Å². The second kappa shape index (κ2) is 11.6. The minimum absolute atomic E-state index is 0.0744. The molecule has 1 heterocycles. The summed E-state index contributed by atoms with van der Waals surface area (Å²) in [4.78, 5) is 43.2. The van der Waals surface area contributed by atoms with Gasteiger partial charge >= 0.3 is 0 Å². The number of aryl methyl sites for hydroxylation is 1. The van der Waals surface area contributed by atoms with Crippen molar-refractivity contribution in [3.8, 4) is 0 Å². The van der Waals surface area contributed by atoms with Gasteiger partial charge in [0.05, 0.1) is 12.1 Å². The summed E-state index contributed by atoms with van der Waals surface area (Å²) in [6, 6.07) is 7.15. The predicted molar refractivity (Wildman–Crippen MR) is 124 cm³/mol. The van der Waals surface area contributed by atoms with Crippen LogP contribution in [0.4, 0.5) is 5.13 Å². The van der Waals surface area contributed by atoms with E-state index >= 15 is 0 Å². The Morgan fingerprint density at radius 1 is 1.06 bits per heavy atom. The first kappa shape index (κ1) is 24.5. The lowest BCUT2D eigenvalue weighted by molar-refractivity contribution is -0.120. The Bertz CT molecular complexity index is 890. The van der Waals surface area contributed by atoms with Crippen molar-refractivity contribution in [2.75, 3.05) is 18.4 Å². The largest absolute Gasteiger partial charge is 0.356 e. The number of thiazole rings is 1. The van der Waals surface area contributed by atoms with Crippen LogP contribution in [0.2, 0.25) is 0 Å². The molecule has 0 radical (unpaired) electrons. The van der Waals surface area contributed by atoms with Crippen molar-refractivity contribution in [3.05, 3.63) is 46.5 Å². The third-order valence-corrected chi connectivity index (χ3v) is 5.49. The Balaban J connectivity index is 1.91. The average molecular weight is 445 g/mol. The molecule has 0 aliphatic rings. The lowest BCUT2D eigenvalue weighted by Crippen LogP contribution is -2.42. The van der Waals surface area contributed by atoms with E-state index in [1.807, 2.05) is 32.9 Å². The summed E-state index contributed by atoms with van der Waals surface area (Å²) in [5.74, 6) is -0.0670. The molecule has 3 amide bonds. The number of aromatic nitrogens is 1. The molecule has 0 aliphatic carbocycles. The Labute approximate surface area is 188 Å².